The Morgan fingerprint density at radius 1 is 1.03 bits per heavy atom. The van der Waals surface area contributed by atoms with Crippen LogP contribution in [0.2, 0.25) is 0 Å². The number of rotatable bonds is 11. The average Bonchev–Trinajstić information content (AvgIpc) is 2.69. The molecule has 1 saturated heterocycles. The summed E-state index contributed by atoms with van der Waals surface area (Å²) in [7, 11) is 0. The molecule has 2 aromatic rings. The van der Waals surface area contributed by atoms with Crippen LogP contribution in [0.15, 0.2) is 47.4 Å². The molecule has 1 aliphatic rings. The van der Waals surface area contributed by atoms with Gasteiger partial charge in [0.05, 0.1) is 0 Å². The Hall–Kier alpha value is -1.73. The lowest BCUT2D eigenvalue weighted by molar-refractivity contribution is -0.380. The fourth-order valence-electron chi connectivity index (χ4n) is 2.94. The number of benzene rings is 2. The minimum Gasteiger partial charge on any atom is -0.491 e. The third-order valence-electron chi connectivity index (χ3n) is 4.50. The van der Waals surface area contributed by atoms with Crippen molar-refractivity contribution in [3.8, 4) is 11.5 Å². The topological polar surface area (TPSA) is 46.2 Å². The highest BCUT2D eigenvalue weighted by Crippen LogP contribution is 2.27. The Bertz CT molecular complexity index is 758. The van der Waals surface area contributed by atoms with Gasteiger partial charge in [0, 0.05) is 17.3 Å². The van der Waals surface area contributed by atoms with Gasteiger partial charge in [-0.15, -0.1) is 11.8 Å². The van der Waals surface area contributed by atoms with E-state index in [1.807, 2.05) is 39.0 Å². The molecule has 0 aromatic heterocycles. The molecular weight excluding hydrogens is 388 g/mol. The summed E-state index contributed by atoms with van der Waals surface area (Å²) in [4.78, 5) is 1.18. The zero-order chi connectivity index (χ0) is 20.6. The number of hydrogen-bond donors (Lipinski definition) is 0. The first-order valence-corrected chi connectivity index (χ1v) is 11.0. The molecule has 1 fully saturated rings. The molecule has 0 spiro atoms. The van der Waals surface area contributed by atoms with Crippen LogP contribution in [0.3, 0.4) is 0 Å². The molecule has 0 aliphatic carbocycles. The van der Waals surface area contributed by atoms with Gasteiger partial charge in [-0.05, 0) is 63.6 Å². The quantitative estimate of drug-likeness (QED) is 0.480. The first kappa shape index (κ1) is 22.0. The van der Waals surface area contributed by atoms with Crippen molar-refractivity contribution in [2.75, 3.05) is 25.6 Å². The van der Waals surface area contributed by atoms with Crippen LogP contribution in [0.4, 0.5) is 0 Å². The van der Waals surface area contributed by atoms with Crippen LogP contribution in [0.1, 0.15) is 25.0 Å². The zero-order valence-electron chi connectivity index (χ0n) is 17.6. The molecule has 1 atom stereocenters. The highest BCUT2D eigenvalue weighted by molar-refractivity contribution is 7.99. The summed E-state index contributed by atoms with van der Waals surface area (Å²) in [5.74, 6) is 2.54. The second-order valence-electron chi connectivity index (χ2n) is 7.02. The van der Waals surface area contributed by atoms with Crippen molar-refractivity contribution in [1.82, 2.24) is 0 Å². The van der Waals surface area contributed by atoms with Gasteiger partial charge < -0.3 is 23.7 Å². The van der Waals surface area contributed by atoms with Crippen molar-refractivity contribution < 1.29 is 23.7 Å². The molecule has 1 heterocycles. The van der Waals surface area contributed by atoms with E-state index in [4.69, 9.17) is 23.7 Å². The number of aryl methyl sites for hydroxylation is 2. The van der Waals surface area contributed by atoms with Crippen LogP contribution in [0, 0.1) is 13.8 Å². The monoisotopic (exact) mass is 418 g/mol. The third-order valence-corrected chi connectivity index (χ3v) is 5.63. The molecular formula is C23H30O5S. The van der Waals surface area contributed by atoms with Crippen LogP contribution >= 0.6 is 11.8 Å². The van der Waals surface area contributed by atoms with E-state index in [9.17, 15) is 0 Å². The highest BCUT2D eigenvalue weighted by atomic mass is 32.2. The van der Waals surface area contributed by atoms with E-state index in [0.29, 0.717) is 19.8 Å². The summed E-state index contributed by atoms with van der Waals surface area (Å²) in [6.07, 6.45) is -0.367. The van der Waals surface area contributed by atoms with Gasteiger partial charge in [-0.25, -0.2) is 0 Å². The second kappa shape index (κ2) is 10.9. The molecule has 5 nitrogen and oxygen atoms in total. The predicted octanol–water partition coefficient (Wildman–Crippen LogP) is 4.98. The molecule has 2 aromatic carbocycles. The van der Waals surface area contributed by atoms with Gasteiger partial charge in [-0.1, -0.05) is 17.7 Å². The molecule has 0 amide bonds. The van der Waals surface area contributed by atoms with Crippen LogP contribution in [-0.2, 0) is 14.2 Å². The van der Waals surface area contributed by atoms with Gasteiger partial charge in [0.2, 0.25) is 0 Å². The molecule has 0 bridgehead atoms. The van der Waals surface area contributed by atoms with Gasteiger partial charge in [0.25, 0.3) is 0 Å². The molecule has 6 heteroatoms. The smallest absolute Gasteiger partial charge is 0.197 e. The zero-order valence-corrected chi connectivity index (χ0v) is 18.4. The van der Waals surface area contributed by atoms with E-state index in [0.717, 1.165) is 22.8 Å². The Labute approximate surface area is 177 Å². The lowest BCUT2D eigenvalue weighted by Crippen LogP contribution is -2.42. The summed E-state index contributed by atoms with van der Waals surface area (Å²) in [6.45, 7) is 9.59. The largest absolute Gasteiger partial charge is 0.491 e. The number of hydrogen-bond acceptors (Lipinski definition) is 6. The summed E-state index contributed by atoms with van der Waals surface area (Å²) < 4.78 is 28.4. The van der Waals surface area contributed by atoms with Gasteiger partial charge >= 0.3 is 0 Å². The number of ether oxygens (including phenoxy) is 5. The van der Waals surface area contributed by atoms with Crippen molar-refractivity contribution in [3.05, 3.63) is 53.6 Å². The third kappa shape index (κ3) is 6.93. The van der Waals surface area contributed by atoms with Gasteiger partial charge in [-0.3, -0.25) is 0 Å². The summed E-state index contributed by atoms with van der Waals surface area (Å²) in [5.41, 5.74) is 2.31. The summed E-state index contributed by atoms with van der Waals surface area (Å²) >= 11 is 1.76. The van der Waals surface area contributed by atoms with Crippen LogP contribution in [0.25, 0.3) is 0 Å². The fraction of sp³-hybridized carbons (Fsp3) is 0.478. The SMILES string of the molecule is CCO[C@@H](COc1ccc(C)cc1)CSc1ccc(OCC2OC(C)O2)c(C)c1. The standard InChI is InChI=1S/C23H30O5S/c1-5-24-20(13-25-19-8-6-16(2)7-9-19)15-29-21-10-11-22(17(3)12-21)26-14-23-27-18(4)28-23/h6-12,18,20,23H,5,13-15H2,1-4H3/t18?,20-,23?/m0/s1. The average molecular weight is 419 g/mol. The molecule has 29 heavy (non-hydrogen) atoms. The lowest BCUT2D eigenvalue weighted by atomic mass is 10.2. The van der Waals surface area contributed by atoms with E-state index in [1.165, 1.54) is 10.5 Å². The molecule has 1 aliphatic heterocycles. The van der Waals surface area contributed by atoms with Gasteiger partial charge in [0.15, 0.2) is 12.6 Å². The van der Waals surface area contributed by atoms with Crippen molar-refractivity contribution in [2.45, 2.75) is 51.3 Å². The van der Waals surface area contributed by atoms with Crippen molar-refractivity contribution >= 4 is 11.8 Å². The first-order valence-electron chi connectivity index (χ1n) is 10.0. The second-order valence-corrected chi connectivity index (χ2v) is 8.11. The number of thioether (sulfide) groups is 1. The van der Waals surface area contributed by atoms with Gasteiger partial charge in [0.1, 0.15) is 30.8 Å². The Morgan fingerprint density at radius 2 is 1.79 bits per heavy atom. The van der Waals surface area contributed by atoms with Crippen LogP contribution in [0.5, 0.6) is 11.5 Å². The van der Waals surface area contributed by atoms with E-state index in [-0.39, 0.29) is 18.7 Å². The van der Waals surface area contributed by atoms with Crippen LogP contribution < -0.4 is 9.47 Å². The lowest BCUT2D eigenvalue weighted by Gasteiger charge is -2.33. The predicted molar refractivity (Wildman–Crippen MR) is 115 cm³/mol. The first-order chi connectivity index (χ1) is 14.0. The van der Waals surface area contributed by atoms with Crippen molar-refractivity contribution in [1.29, 1.82) is 0 Å². The van der Waals surface area contributed by atoms with Crippen molar-refractivity contribution in [2.24, 2.45) is 0 Å². The maximum atomic E-state index is 5.90. The molecule has 0 unspecified atom stereocenters. The molecule has 0 N–H and O–H groups in total. The summed E-state index contributed by atoms with van der Waals surface area (Å²) in [6, 6.07) is 14.3. The van der Waals surface area contributed by atoms with Gasteiger partial charge in [-0.2, -0.15) is 0 Å². The Balaban J connectivity index is 1.46. The minimum atomic E-state index is -0.265. The van der Waals surface area contributed by atoms with E-state index in [2.05, 4.69) is 31.2 Å². The summed E-state index contributed by atoms with van der Waals surface area (Å²) in [5, 5.41) is 0. The van der Waals surface area contributed by atoms with E-state index in [1.54, 1.807) is 11.8 Å². The minimum absolute atomic E-state index is 0.0254. The highest BCUT2D eigenvalue weighted by Gasteiger charge is 2.27. The van der Waals surface area contributed by atoms with E-state index >= 15 is 0 Å². The van der Waals surface area contributed by atoms with Crippen molar-refractivity contribution in [3.63, 3.8) is 0 Å². The molecule has 158 valence electrons. The maximum absolute atomic E-state index is 5.90. The maximum Gasteiger partial charge on any atom is 0.197 e. The van der Waals surface area contributed by atoms with Crippen LogP contribution in [-0.4, -0.2) is 44.3 Å². The molecule has 0 saturated carbocycles. The molecule has 3 rings (SSSR count). The Morgan fingerprint density at radius 3 is 2.45 bits per heavy atom. The fourth-order valence-corrected chi connectivity index (χ4v) is 3.94. The Kier molecular flexibility index (Phi) is 8.24. The normalized spacial score (nSPS) is 19.4. The van der Waals surface area contributed by atoms with E-state index < -0.39 is 0 Å². The molecule has 0 radical (unpaired) electrons.